The molecule has 0 saturated heterocycles. The van der Waals surface area contributed by atoms with Crippen LogP contribution >= 0.6 is 11.3 Å². The van der Waals surface area contributed by atoms with Crippen molar-refractivity contribution in [3.8, 4) is 16.9 Å². The highest BCUT2D eigenvalue weighted by molar-refractivity contribution is 7.17. The molecule has 0 radical (unpaired) electrons. The van der Waals surface area contributed by atoms with Crippen LogP contribution in [0, 0.1) is 12.7 Å². The molecule has 2 aromatic carbocycles. The van der Waals surface area contributed by atoms with E-state index in [0.717, 1.165) is 4.88 Å². The first kappa shape index (κ1) is 19.6. The fraction of sp³-hybridized carbons (Fsp3) is 0.143. The highest BCUT2D eigenvalue weighted by Crippen LogP contribution is 2.40. The lowest BCUT2D eigenvalue weighted by atomic mass is 10.0. The molecule has 0 unspecified atom stereocenters. The van der Waals surface area contributed by atoms with Gasteiger partial charge in [0.15, 0.2) is 0 Å². The van der Waals surface area contributed by atoms with Gasteiger partial charge in [-0.1, -0.05) is 12.1 Å². The number of amides is 1. The van der Waals surface area contributed by atoms with Crippen molar-refractivity contribution >= 4 is 28.2 Å². The van der Waals surface area contributed by atoms with Crippen molar-refractivity contribution < 1.29 is 23.5 Å². The van der Waals surface area contributed by atoms with Crippen LogP contribution in [0.4, 0.5) is 9.39 Å². The summed E-state index contributed by atoms with van der Waals surface area (Å²) in [6.07, 6.45) is 0. The molecule has 1 heterocycles. The van der Waals surface area contributed by atoms with Gasteiger partial charge in [-0.15, -0.1) is 11.3 Å². The second kappa shape index (κ2) is 8.22. The van der Waals surface area contributed by atoms with E-state index >= 15 is 0 Å². The van der Waals surface area contributed by atoms with Crippen LogP contribution in [0.1, 0.15) is 25.6 Å². The lowest BCUT2D eigenvalue weighted by Gasteiger charge is -2.08. The molecular formula is C21H18FNO4S. The lowest BCUT2D eigenvalue weighted by Crippen LogP contribution is -2.14. The van der Waals surface area contributed by atoms with Gasteiger partial charge in [-0.05, 0) is 48.9 Å². The third kappa shape index (κ3) is 3.89. The molecular weight excluding hydrogens is 381 g/mol. The summed E-state index contributed by atoms with van der Waals surface area (Å²) in [6.45, 7) is 1.83. The Balaban J connectivity index is 2.00. The minimum atomic E-state index is -0.575. The van der Waals surface area contributed by atoms with Crippen LogP contribution in [-0.2, 0) is 4.74 Å². The Bertz CT molecular complexity index is 1010. The van der Waals surface area contributed by atoms with E-state index < -0.39 is 5.97 Å². The van der Waals surface area contributed by atoms with Crippen molar-refractivity contribution in [2.24, 2.45) is 0 Å². The fourth-order valence-corrected chi connectivity index (χ4v) is 3.87. The molecule has 0 bridgehead atoms. The average molecular weight is 399 g/mol. The van der Waals surface area contributed by atoms with Gasteiger partial charge < -0.3 is 14.8 Å². The molecule has 0 fully saturated rings. The SMILES string of the molecule is COC(=O)c1c(NC(=O)c2ccc(OC)cc2)sc(C)c1-c1ccc(F)cc1. The van der Waals surface area contributed by atoms with E-state index in [1.54, 1.807) is 43.5 Å². The van der Waals surface area contributed by atoms with Crippen molar-refractivity contribution in [2.75, 3.05) is 19.5 Å². The number of ether oxygens (including phenoxy) is 2. The molecule has 3 aromatic rings. The molecule has 3 rings (SSSR count). The van der Waals surface area contributed by atoms with Crippen LogP contribution in [0.2, 0.25) is 0 Å². The minimum absolute atomic E-state index is 0.249. The monoisotopic (exact) mass is 399 g/mol. The van der Waals surface area contributed by atoms with Crippen LogP contribution in [0.5, 0.6) is 5.75 Å². The van der Waals surface area contributed by atoms with Gasteiger partial charge in [-0.25, -0.2) is 9.18 Å². The Labute approximate surface area is 165 Å². The first-order valence-electron chi connectivity index (χ1n) is 8.37. The predicted molar refractivity (Wildman–Crippen MR) is 107 cm³/mol. The van der Waals surface area contributed by atoms with E-state index in [1.807, 2.05) is 6.92 Å². The molecule has 0 saturated carbocycles. The molecule has 28 heavy (non-hydrogen) atoms. The van der Waals surface area contributed by atoms with E-state index in [1.165, 1.54) is 30.6 Å². The van der Waals surface area contributed by atoms with Crippen LogP contribution in [0.15, 0.2) is 48.5 Å². The molecule has 144 valence electrons. The molecule has 0 aliphatic rings. The van der Waals surface area contributed by atoms with Crippen molar-refractivity contribution in [2.45, 2.75) is 6.92 Å². The van der Waals surface area contributed by atoms with E-state index in [-0.39, 0.29) is 17.3 Å². The fourth-order valence-electron chi connectivity index (χ4n) is 2.81. The van der Waals surface area contributed by atoms with Crippen LogP contribution in [0.3, 0.4) is 0 Å². The van der Waals surface area contributed by atoms with Gasteiger partial charge in [0, 0.05) is 16.0 Å². The summed E-state index contributed by atoms with van der Waals surface area (Å²) in [4.78, 5) is 25.9. The number of hydrogen-bond acceptors (Lipinski definition) is 5. The smallest absolute Gasteiger partial charge is 0.341 e. The Morgan fingerprint density at radius 3 is 2.21 bits per heavy atom. The van der Waals surface area contributed by atoms with Crippen LogP contribution in [-0.4, -0.2) is 26.1 Å². The summed E-state index contributed by atoms with van der Waals surface area (Å²) in [5.74, 6) is -0.671. The Morgan fingerprint density at radius 1 is 1.00 bits per heavy atom. The third-order valence-electron chi connectivity index (χ3n) is 4.19. The molecule has 1 aromatic heterocycles. The maximum absolute atomic E-state index is 13.3. The first-order chi connectivity index (χ1) is 13.4. The maximum Gasteiger partial charge on any atom is 0.341 e. The molecule has 0 spiro atoms. The highest BCUT2D eigenvalue weighted by atomic mass is 32.1. The number of esters is 1. The summed E-state index contributed by atoms with van der Waals surface area (Å²) in [5, 5.41) is 3.16. The topological polar surface area (TPSA) is 64.6 Å². The zero-order valence-electron chi connectivity index (χ0n) is 15.5. The Kier molecular flexibility index (Phi) is 5.75. The van der Waals surface area contributed by atoms with Crippen molar-refractivity contribution in [1.29, 1.82) is 0 Å². The maximum atomic E-state index is 13.3. The quantitative estimate of drug-likeness (QED) is 0.619. The zero-order valence-corrected chi connectivity index (χ0v) is 16.4. The van der Waals surface area contributed by atoms with Gasteiger partial charge in [-0.3, -0.25) is 4.79 Å². The normalized spacial score (nSPS) is 10.4. The van der Waals surface area contributed by atoms with Gasteiger partial charge in [-0.2, -0.15) is 0 Å². The molecule has 1 N–H and O–H groups in total. The van der Waals surface area contributed by atoms with Crippen molar-refractivity contribution in [3.05, 3.63) is 70.4 Å². The summed E-state index contributed by atoms with van der Waals surface area (Å²) in [5.41, 5.74) is 1.95. The predicted octanol–water partition coefficient (Wildman–Crippen LogP) is 4.91. The van der Waals surface area contributed by atoms with E-state index in [0.29, 0.717) is 27.4 Å². The number of methoxy groups -OCH3 is 2. The standard InChI is InChI=1S/C21H18FNO4S/c1-12-17(13-4-8-15(22)9-5-13)18(21(25)27-3)20(28-12)23-19(24)14-6-10-16(26-2)11-7-14/h4-11H,1-3H3,(H,23,24). The minimum Gasteiger partial charge on any atom is -0.497 e. The molecule has 0 aliphatic carbocycles. The van der Waals surface area contributed by atoms with Gasteiger partial charge in [0.25, 0.3) is 5.91 Å². The van der Waals surface area contributed by atoms with E-state index in [2.05, 4.69) is 5.32 Å². The Morgan fingerprint density at radius 2 is 1.64 bits per heavy atom. The average Bonchev–Trinajstić information content (AvgIpc) is 3.03. The molecule has 5 nitrogen and oxygen atoms in total. The number of benzene rings is 2. The van der Waals surface area contributed by atoms with Crippen LogP contribution < -0.4 is 10.1 Å². The number of nitrogens with one attached hydrogen (secondary N) is 1. The number of rotatable bonds is 5. The van der Waals surface area contributed by atoms with Gasteiger partial charge >= 0.3 is 5.97 Å². The van der Waals surface area contributed by atoms with Gasteiger partial charge in [0.05, 0.1) is 14.2 Å². The highest BCUT2D eigenvalue weighted by Gasteiger charge is 2.25. The van der Waals surface area contributed by atoms with Crippen LogP contribution in [0.25, 0.3) is 11.1 Å². The number of carbonyl (C=O) groups excluding carboxylic acids is 2. The summed E-state index contributed by atoms with van der Waals surface area (Å²) in [6, 6.07) is 12.4. The van der Waals surface area contributed by atoms with Crippen molar-refractivity contribution in [1.82, 2.24) is 0 Å². The second-order valence-corrected chi connectivity index (χ2v) is 7.14. The second-order valence-electron chi connectivity index (χ2n) is 5.92. The largest absolute Gasteiger partial charge is 0.497 e. The molecule has 7 heteroatoms. The van der Waals surface area contributed by atoms with E-state index in [9.17, 15) is 14.0 Å². The first-order valence-corrected chi connectivity index (χ1v) is 9.19. The molecule has 0 atom stereocenters. The number of thiophene rings is 1. The molecule has 1 amide bonds. The van der Waals surface area contributed by atoms with E-state index in [4.69, 9.17) is 9.47 Å². The summed E-state index contributed by atoms with van der Waals surface area (Å²) in [7, 11) is 2.82. The Hall–Kier alpha value is -3.19. The molecule has 0 aliphatic heterocycles. The number of anilines is 1. The third-order valence-corrected chi connectivity index (χ3v) is 5.21. The number of hydrogen-bond donors (Lipinski definition) is 1. The van der Waals surface area contributed by atoms with Gasteiger partial charge in [0.2, 0.25) is 0 Å². The number of carbonyl (C=O) groups is 2. The summed E-state index contributed by atoms with van der Waals surface area (Å²) < 4.78 is 23.3. The zero-order chi connectivity index (χ0) is 20.3. The number of aryl methyl sites for hydroxylation is 1. The summed E-state index contributed by atoms with van der Waals surface area (Å²) >= 11 is 1.26. The lowest BCUT2D eigenvalue weighted by molar-refractivity contribution is 0.0603. The number of halogens is 1. The van der Waals surface area contributed by atoms with Gasteiger partial charge in [0.1, 0.15) is 22.1 Å². The van der Waals surface area contributed by atoms with Crippen molar-refractivity contribution in [3.63, 3.8) is 0 Å².